The first-order valence-electron chi connectivity index (χ1n) is 10.2. The molecule has 1 aliphatic rings. The maximum atomic E-state index is 12.7. The maximum Gasteiger partial charge on any atom is 0.227 e. The molecule has 3 heterocycles. The second kappa shape index (κ2) is 8.63. The molecule has 0 spiro atoms. The van der Waals surface area contributed by atoms with Gasteiger partial charge in [0.25, 0.3) is 0 Å². The monoisotopic (exact) mass is 369 g/mol. The first-order chi connectivity index (χ1) is 13.1. The molecule has 1 saturated heterocycles. The van der Waals surface area contributed by atoms with E-state index < -0.39 is 0 Å². The highest BCUT2D eigenvalue weighted by Gasteiger charge is 2.28. The predicted octanol–water partition coefficient (Wildman–Crippen LogP) is 3.23. The molecule has 0 saturated carbocycles. The number of aryl methyl sites for hydroxylation is 2. The van der Waals surface area contributed by atoms with Crippen LogP contribution in [-0.2, 0) is 17.6 Å². The van der Waals surface area contributed by atoms with Crippen LogP contribution in [0.1, 0.15) is 51.4 Å². The number of nitrogens with zero attached hydrogens (tertiary/aromatic N) is 5. The van der Waals surface area contributed by atoms with E-state index in [2.05, 4.69) is 41.7 Å². The minimum absolute atomic E-state index is 0.0609. The molecule has 6 heteroatoms. The van der Waals surface area contributed by atoms with Gasteiger partial charge in [-0.3, -0.25) is 4.79 Å². The average molecular weight is 370 g/mol. The van der Waals surface area contributed by atoms with Gasteiger partial charge in [-0.05, 0) is 38.2 Å². The highest BCUT2D eigenvalue weighted by molar-refractivity contribution is 5.80. The molecule has 1 aliphatic heterocycles. The predicted molar refractivity (Wildman–Crippen MR) is 109 cm³/mol. The lowest BCUT2D eigenvalue weighted by Crippen LogP contribution is -2.44. The van der Waals surface area contributed by atoms with Gasteiger partial charge >= 0.3 is 0 Å². The van der Waals surface area contributed by atoms with E-state index in [0.29, 0.717) is 5.65 Å². The largest absolute Gasteiger partial charge is 0.369 e. The zero-order valence-corrected chi connectivity index (χ0v) is 17.0. The van der Waals surface area contributed by atoms with Gasteiger partial charge in [0.05, 0.1) is 29.2 Å². The van der Waals surface area contributed by atoms with Crippen LogP contribution in [0.2, 0.25) is 0 Å². The number of amides is 1. The topological polar surface area (TPSA) is 62.2 Å². The maximum absolute atomic E-state index is 12.7. The lowest BCUT2D eigenvalue weighted by Gasteiger charge is -2.35. The van der Waals surface area contributed by atoms with E-state index in [0.717, 1.165) is 74.3 Å². The molecule has 0 unspecified atom stereocenters. The molecular weight excluding hydrogens is 338 g/mol. The van der Waals surface area contributed by atoms with Gasteiger partial charge in [0.2, 0.25) is 5.91 Å². The van der Waals surface area contributed by atoms with Crippen LogP contribution in [0.4, 0.5) is 5.69 Å². The lowest BCUT2D eigenvalue weighted by atomic mass is 9.96. The van der Waals surface area contributed by atoms with Crippen LogP contribution in [-0.4, -0.2) is 52.4 Å². The zero-order valence-electron chi connectivity index (χ0n) is 17.0. The van der Waals surface area contributed by atoms with Crippen LogP contribution in [0.15, 0.2) is 12.3 Å². The Kier molecular flexibility index (Phi) is 6.24. The van der Waals surface area contributed by atoms with Gasteiger partial charge in [0.15, 0.2) is 5.65 Å². The van der Waals surface area contributed by atoms with Crippen molar-refractivity contribution < 1.29 is 4.79 Å². The Morgan fingerprint density at radius 2 is 1.96 bits per heavy atom. The van der Waals surface area contributed by atoms with E-state index in [1.165, 1.54) is 0 Å². The van der Waals surface area contributed by atoms with Gasteiger partial charge in [-0.2, -0.15) is 0 Å². The van der Waals surface area contributed by atoms with Crippen LogP contribution < -0.4 is 4.90 Å². The van der Waals surface area contributed by atoms with E-state index in [1.807, 2.05) is 18.1 Å². The molecule has 146 valence electrons. The summed E-state index contributed by atoms with van der Waals surface area (Å²) in [6, 6.07) is 2.08. The average Bonchev–Trinajstić information content (AvgIpc) is 2.71. The molecule has 2 aromatic heterocycles. The van der Waals surface area contributed by atoms with E-state index in [1.54, 1.807) is 0 Å². The highest BCUT2D eigenvalue weighted by Crippen LogP contribution is 2.26. The molecule has 2 aromatic rings. The Labute approximate surface area is 162 Å². The van der Waals surface area contributed by atoms with Crippen molar-refractivity contribution in [3.63, 3.8) is 0 Å². The first-order valence-corrected chi connectivity index (χ1v) is 10.2. The molecule has 1 amide bonds. The third kappa shape index (κ3) is 4.20. The summed E-state index contributed by atoms with van der Waals surface area (Å²) < 4.78 is 0. The van der Waals surface area contributed by atoms with Gasteiger partial charge in [-0.1, -0.05) is 20.8 Å². The number of hydrogen-bond acceptors (Lipinski definition) is 5. The number of hydrogen-bond donors (Lipinski definition) is 0. The fourth-order valence-corrected chi connectivity index (χ4v) is 3.92. The van der Waals surface area contributed by atoms with Gasteiger partial charge < -0.3 is 9.80 Å². The third-order valence-electron chi connectivity index (χ3n) is 5.40. The molecule has 27 heavy (non-hydrogen) atoms. The number of fused-ring (bicyclic) bond motifs is 1. The Morgan fingerprint density at radius 1 is 1.22 bits per heavy atom. The lowest BCUT2D eigenvalue weighted by molar-refractivity contribution is -0.134. The van der Waals surface area contributed by atoms with Crippen LogP contribution in [0, 0.1) is 5.92 Å². The minimum Gasteiger partial charge on any atom is -0.369 e. The fourth-order valence-electron chi connectivity index (χ4n) is 3.92. The fraction of sp³-hybridized carbons (Fsp3) is 0.619. The number of piperidine rings is 1. The molecule has 1 fully saturated rings. The minimum atomic E-state index is 0.0609. The summed E-state index contributed by atoms with van der Waals surface area (Å²) in [5.74, 6) is 0.321. The van der Waals surface area contributed by atoms with Crippen molar-refractivity contribution in [1.29, 1.82) is 0 Å². The molecule has 0 N–H and O–H groups in total. The van der Waals surface area contributed by atoms with Crippen molar-refractivity contribution in [3.05, 3.63) is 23.7 Å². The number of rotatable bonds is 6. The van der Waals surface area contributed by atoms with E-state index in [4.69, 9.17) is 4.98 Å². The summed E-state index contributed by atoms with van der Waals surface area (Å²) in [5.41, 5.74) is 4.68. The SMILES string of the molecule is CCCN(C)C(=O)[C@@H]1CCCN(c2cnc3nc(CC)c(CC)nc3c2)C1. The van der Waals surface area contributed by atoms with Gasteiger partial charge in [0, 0.05) is 26.7 Å². The summed E-state index contributed by atoms with van der Waals surface area (Å²) in [6.45, 7) is 8.84. The van der Waals surface area contributed by atoms with E-state index in [-0.39, 0.29) is 11.8 Å². The van der Waals surface area contributed by atoms with Crippen molar-refractivity contribution in [2.75, 3.05) is 31.6 Å². The summed E-state index contributed by atoms with van der Waals surface area (Å²) in [5, 5.41) is 0. The molecule has 6 nitrogen and oxygen atoms in total. The van der Waals surface area contributed by atoms with Crippen LogP contribution in [0.3, 0.4) is 0 Å². The third-order valence-corrected chi connectivity index (χ3v) is 5.40. The van der Waals surface area contributed by atoms with Crippen LogP contribution in [0.25, 0.3) is 11.2 Å². The normalized spacial score (nSPS) is 17.3. The number of carbonyl (C=O) groups is 1. The number of anilines is 1. The number of pyridine rings is 1. The molecule has 3 rings (SSSR count). The first kappa shape index (κ1) is 19.5. The van der Waals surface area contributed by atoms with E-state index >= 15 is 0 Å². The van der Waals surface area contributed by atoms with Crippen molar-refractivity contribution in [1.82, 2.24) is 19.9 Å². The standard InChI is InChI=1S/C21H31N5O/c1-5-10-25(4)21(27)15-9-8-11-26(14-15)16-12-19-20(22-13-16)24-18(7-3)17(6-2)23-19/h12-13,15H,5-11,14H2,1-4H3/t15-/m1/s1. The molecule has 1 atom stereocenters. The number of carbonyl (C=O) groups excluding carboxylic acids is 1. The van der Waals surface area contributed by atoms with Crippen molar-refractivity contribution in [2.45, 2.75) is 52.9 Å². The quantitative estimate of drug-likeness (QED) is 0.782. The second-order valence-electron chi connectivity index (χ2n) is 7.41. The summed E-state index contributed by atoms with van der Waals surface area (Å²) >= 11 is 0. The number of aromatic nitrogens is 3. The Balaban J connectivity index is 1.82. The molecule has 0 aromatic carbocycles. The zero-order chi connectivity index (χ0) is 19.4. The van der Waals surface area contributed by atoms with E-state index in [9.17, 15) is 4.79 Å². The van der Waals surface area contributed by atoms with Gasteiger partial charge in [0.1, 0.15) is 5.52 Å². The summed E-state index contributed by atoms with van der Waals surface area (Å²) in [7, 11) is 1.91. The van der Waals surface area contributed by atoms with Crippen molar-refractivity contribution in [2.24, 2.45) is 5.92 Å². The van der Waals surface area contributed by atoms with Crippen molar-refractivity contribution >= 4 is 22.8 Å². The Hall–Kier alpha value is -2.24. The van der Waals surface area contributed by atoms with Gasteiger partial charge in [-0.15, -0.1) is 0 Å². The Morgan fingerprint density at radius 3 is 2.67 bits per heavy atom. The molecule has 0 bridgehead atoms. The van der Waals surface area contributed by atoms with Crippen LogP contribution in [0.5, 0.6) is 0 Å². The molecule has 0 aliphatic carbocycles. The summed E-state index contributed by atoms with van der Waals surface area (Å²) in [6.07, 6.45) is 6.60. The summed E-state index contributed by atoms with van der Waals surface area (Å²) in [4.78, 5) is 30.9. The smallest absolute Gasteiger partial charge is 0.227 e. The van der Waals surface area contributed by atoms with Crippen LogP contribution >= 0.6 is 0 Å². The highest BCUT2D eigenvalue weighted by atomic mass is 16.2. The Bertz CT molecular complexity index is 807. The molecule has 0 radical (unpaired) electrons. The molecular formula is C21H31N5O. The second-order valence-corrected chi connectivity index (χ2v) is 7.41. The van der Waals surface area contributed by atoms with Crippen molar-refractivity contribution in [3.8, 4) is 0 Å². The van der Waals surface area contributed by atoms with Gasteiger partial charge in [-0.25, -0.2) is 15.0 Å².